The lowest BCUT2D eigenvalue weighted by Gasteiger charge is -2.36. The van der Waals surface area contributed by atoms with Crippen LogP contribution in [0.1, 0.15) is 50.2 Å². The van der Waals surface area contributed by atoms with E-state index in [0.717, 1.165) is 61.7 Å². The number of phenols is 1. The Hall–Kier alpha value is -2.60. The van der Waals surface area contributed by atoms with Crippen molar-refractivity contribution in [2.24, 2.45) is 0 Å². The largest absolute Gasteiger partial charge is 0.507 e. The summed E-state index contributed by atoms with van der Waals surface area (Å²) in [5, 5.41) is 10.2. The Morgan fingerprint density at radius 2 is 2.11 bits per heavy atom. The fourth-order valence-electron chi connectivity index (χ4n) is 4.12. The molecule has 3 aromatic rings. The number of aryl methyl sites for hydroxylation is 1. The van der Waals surface area contributed by atoms with Crippen LogP contribution in [0.25, 0.3) is 11.3 Å². The van der Waals surface area contributed by atoms with Gasteiger partial charge in [-0.05, 0) is 37.9 Å². The summed E-state index contributed by atoms with van der Waals surface area (Å²) in [5.74, 6) is 1.43. The van der Waals surface area contributed by atoms with Gasteiger partial charge in [0.25, 0.3) is 0 Å². The summed E-state index contributed by atoms with van der Waals surface area (Å²) in [6.45, 7) is 5.28. The van der Waals surface area contributed by atoms with Gasteiger partial charge in [0.1, 0.15) is 11.6 Å². The zero-order valence-corrected chi connectivity index (χ0v) is 16.5. The highest BCUT2D eigenvalue weighted by Gasteiger charge is 2.29. The highest BCUT2D eigenvalue weighted by molar-refractivity contribution is 5.66. The third kappa shape index (κ3) is 3.97. The number of H-pyrrole nitrogens is 1. The normalized spacial score (nSPS) is 17.0. The number of aromatic nitrogens is 4. The summed E-state index contributed by atoms with van der Waals surface area (Å²) in [4.78, 5) is 14.9. The zero-order valence-electron chi connectivity index (χ0n) is 16.5. The smallest absolute Gasteiger partial charge is 0.126 e. The van der Waals surface area contributed by atoms with Crippen molar-refractivity contribution in [2.75, 3.05) is 13.1 Å². The molecule has 2 aromatic heterocycles. The van der Waals surface area contributed by atoms with Crippen LogP contribution < -0.4 is 0 Å². The first kappa shape index (κ1) is 18.7. The lowest BCUT2D eigenvalue weighted by molar-refractivity contribution is 0.140. The predicted octanol–water partition coefficient (Wildman–Crippen LogP) is 4.16. The number of nitrogens with one attached hydrogen (secondary N) is 1. The van der Waals surface area contributed by atoms with Gasteiger partial charge in [-0.3, -0.25) is 4.90 Å². The van der Waals surface area contributed by atoms with Gasteiger partial charge in [-0.2, -0.15) is 0 Å². The molecular weight excluding hydrogens is 350 g/mol. The number of benzene rings is 1. The van der Waals surface area contributed by atoms with E-state index in [9.17, 15) is 5.11 Å². The number of phenolic OH excluding ortho intramolecular Hbond substituents is 1. The number of rotatable bonds is 8. The molecule has 6 nitrogen and oxygen atoms in total. The van der Waals surface area contributed by atoms with E-state index in [1.807, 2.05) is 24.4 Å². The van der Waals surface area contributed by atoms with E-state index >= 15 is 0 Å². The Kier molecular flexibility index (Phi) is 5.76. The Balaban J connectivity index is 1.53. The summed E-state index contributed by atoms with van der Waals surface area (Å²) in [6, 6.07) is 7.80. The van der Waals surface area contributed by atoms with Crippen LogP contribution in [0.4, 0.5) is 0 Å². The first-order chi connectivity index (χ1) is 13.8. The number of nitrogens with zero attached hydrogens (tertiary/aromatic N) is 4. The Bertz CT molecular complexity index is 886. The Labute approximate surface area is 166 Å². The molecule has 0 bridgehead atoms. The minimum atomic E-state index is 0.291. The predicted molar refractivity (Wildman–Crippen MR) is 110 cm³/mol. The fourth-order valence-corrected chi connectivity index (χ4v) is 4.12. The summed E-state index contributed by atoms with van der Waals surface area (Å²) in [7, 11) is 0. The Morgan fingerprint density at radius 3 is 2.89 bits per heavy atom. The minimum Gasteiger partial charge on any atom is -0.507 e. The van der Waals surface area contributed by atoms with E-state index in [4.69, 9.17) is 4.98 Å². The standard InChI is InChI=1S/C22H29N5O/c1-2-3-9-20-22-25-19(18-8-4-5-10-21(18)28)15-27(22)13-12-26(20)11-6-7-17-14-23-16-24-17/h4-5,8,10,14-16,20,28H,2-3,6-7,9,11-13H2,1H3,(H,23,24)/t20-/m0/s1. The molecule has 0 fully saturated rings. The van der Waals surface area contributed by atoms with Crippen LogP contribution >= 0.6 is 0 Å². The molecule has 0 spiro atoms. The van der Waals surface area contributed by atoms with Crippen LogP contribution in [0.5, 0.6) is 5.75 Å². The van der Waals surface area contributed by atoms with Gasteiger partial charge in [0.15, 0.2) is 0 Å². The summed E-state index contributed by atoms with van der Waals surface area (Å²) < 4.78 is 2.28. The molecule has 28 heavy (non-hydrogen) atoms. The van der Waals surface area contributed by atoms with Crippen molar-refractivity contribution in [3.05, 3.63) is 54.5 Å². The van der Waals surface area contributed by atoms with Crippen molar-refractivity contribution < 1.29 is 5.11 Å². The van der Waals surface area contributed by atoms with Crippen molar-refractivity contribution >= 4 is 0 Å². The molecule has 0 saturated heterocycles. The van der Waals surface area contributed by atoms with Crippen molar-refractivity contribution in [3.8, 4) is 17.0 Å². The molecule has 0 radical (unpaired) electrons. The fraction of sp³-hybridized carbons (Fsp3) is 0.455. The molecule has 1 aromatic carbocycles. The molecule has 1 aliphatic heterocycles. The number of aromatic amines is 1. The van der Waals surface area contributed by atoms with E-state index in [1.54, 1.807) is 12.4 Å². The van der Waals surface area contributed by atoms with E-state index < -0.39 is 0 Å². The molecule has 4 rings (SSSR count). The molecule has 1 aliphatic rings. The van der Waals surface area contributed by atoms with E-state index in [1.165, 1.54) is 12.8 Å². The molecule has 148 valence electrons. The molecule has 0 unspecified atom stereocenters. The van der Waals surface area contributed by atoms with Crippen LogP contribution in [-0.2, 0) is 13.0 Å². The van der Waals surface area contributed by atoms with Crippen LogP contribution in [0, 0.1) is 0 Å². The number of hydrogen-bond acceptors (Lipinski definition) is 4. The van der Waals surface area contributed by atoms with Gasteiger partial charge in [-0.15, -0.1) is 0 Å². The van der Waals surface area contributed by atoms with Gasteiger partial charge < -0.3 is 14.7 Å². The van der Waals surface area contributed by atoms with Gasteiger partial charge in [-0.1, -0.05) is 31.9 Å². The average Bonchev–Trinajstić information content (AvgIpc) is 3.37. The van der Waals surface area contributed by atoms with E-state index in [2.05, 4.69) is 32.6 Å². The summed E-state index contributed by atoms with van der Waals surface area (Å²) in [5.41, 5.74) is 2.81. The second kappa shape index (κ2) is 8.61. The Morgan fingerprint density at radius 1 is 1.21 bits per heavy atom. The number of aromatic hydroxyl groups is 1. The van der Waals surface area contributed by atoms with Gasteiger partial charge in [0.2, 0.25) is 0 Å². The maximum absolute atomic E-state index is 10.2. The van der Waals surface area contributed by atoms with Gasteiger partial charge in [0.05, 0.1) is 23.8 Å². The van der Waals surface area contributed by atoms with Gasteiger partial charge in [0, 0.05) is 31.0 Å². The zero-order chi connectivity index (χ0) is 19.3. The monoisotopic (exact) mass is 379 g/mol. The van der Waals surface area contributed by atoms with Crippen molar-refractivity contribution in [1.82, 2.24) is 24.4 Å². The van der Waals surface area contributed by atoms with Crippen LogP contribution in [-0.4, -0.2) is 42.6 Å². The maximum atomic E-state index is 10.2. The molecule has 0 aliphatic carbocycles. The maximum Gasteiger partial charge on any atom is 0.126 e. The van der Waals surface area contributed by atoms with Crippen molar-refractivity contribution in [3.63, 3.8) is 0 Å². The molecule has 2 N–H and O–H groups in total. The van der Waals surface area contributed by atoms with E-state index in [-0.39, 0.29) is 0 Å². The number of unbranched alkanes of at least 4 members (excludes halogenated alkanes) is 1. The highest BCUT2D eigenvalue weighted by atomic mass is 16.3. The first-order valence-corrected chi connectivity index (χ1v) is 10.3. The molecular formula is C22H29N5O. The number of fused-ring (bicyclic) bond motifs is 1. The van der Waals surface area contributed by atoms with Crippen LogP contribution in [0.15, 0.2) is 43.0 Å². The number of imidazole rings is 2. The summed E-state index contributed by atoms with van der Waals surface area (Å²) in [6.07, 6.45) is 11.4. The third-order valence-corrected chi connectivity index (χ3v) is 5.62. The highest BCUT2D eigenvalue weighted by Crippen LogP contribution is 2.34. The molecule has 0 amide bonds. The first-order valence-electron chi connectivity index (χ1n) is 10.3. The second-order valence-electron chi connectivity index (χ2n) is 7.55. The van der Waals surface area contributed by atoms with Crippen molar-refractivity contribution in [2.45, 2.75) is 51.6 Å². The van der Waals surface area contributed by atoms with Gasteiger partial charge >= 0.3 is 0 Å². The second-order valence-corrected chi connectivity index (χ2v) is 7.55. The van der Waals surface area contributed by atoms with Crippen LogP contribution in [0.2, 0.25) is 0 Å². The number of para-hydroxylation sites is 1. The minimum absolute atomic E-state index is 0.291. The molecule has 6 heteroatoms. The van der Waals surface area contributed by atoms with Crippen LogP contribution in [0.3, 0.4) is 0 Å². The summed E-state index contributed by atoms with van der Waals surface area (Å²) >= 11 is 0. The SMILES string of the molecule is CCCC[C@H]1c2nc(-c3ccccc3O)cn2CCN1CCCc1c[nH]cn1. The van der Waals surface area contributed by atoms with Crippen molar-refractivity contribution in [1.29, 1.82) is 0 Å². The lowest BCUT2D eigenvalue weighted by atomic mass is 10.0. The number of hydrogen-bond donors (Lipinski definition) is 2. The molecule has 1 atom stereocenters. The molecule has 3 heterocycles. The topological polar surface area (TPSA) is 70.0 Å². The lowest BCUT2D eigenvalue weighted by Crippen LogP contribution is -2.39. The quantitative estimate of drug-likeness (QED) is 0.617. The molecule has 0 saturated carbocycles. The van der Waals surface area contributed by atoms with E-state index in [0.29, 0.717) is 11.8 Å². The average molecular weight is 380 g/mol. The van der Waals surface area contributed by atoms with Gasteiger partial charge in [-0.25, -0.2) is 9.97 Å². The third-order valence-electron chi connectivity index (χ3n) is 5.62.